The van der Waals surface area contributed by atoms with E-state index in [1.807, 2.05) is 0 Å². The molecule has 9 heteroatoms. The summed E-state index contributed by atoms with van der Waals surface area (Å²) in [5.41, 5.74) is -0.812. The Labute approximate surface area is 130 Å². The molecule has 0 unspecified atom stereocenters. The van der Waals surface area contributed by atoms with Crippen molar-refractivity contribution in [2.45, 2.75) is 19.3 Å². The third kappa shape index (κ3) is 3.05. The number of likely N-dealkylation sites (tertiary alicyclic amines) is 1. The molecule has 2 fully saturated rings. The largest absolute Gasteiger partial charge is 0.481 e. The molecule has 2 aliphatic rings. The molecule has 1 aliphatic heterocycles. The van der Waals surface area contributed by atoms with E-state index in [1.165, 1.54) is 19.0 Å². The fraction of sp³-hybridized carbons (Fsp3) is 0.846. The average Bonchev–Trinajstić information content (AvgIpc) is 2.95. The van der Waals surface area contributed by atoms with Gasteiger partial charge in [-0.3, -0.25) is 4.79 Å². The number of carboxylic acid groups (broad SMARTS) is 1. The first-order chi connectivity index (χ1) is 10.2. The zero-order chi connectivity index (χ0) is 16.5. The van der Waals surface area contributed by atoms with Gasteiger partial charge in [-0.15, -0.1) is 0 Å². The summed E-state index contributed by atoms with van der Waals surface area (Å²) in [5, 5.41) is 12.0. The second kappa shape index (κ2) is 6.04. The first kappa shape index (κ1) is 17.0. The molecule has 0 aromatic carbocycles. The molecule has 1 saturated carbocycles. The number of carboxylic acids is 1. The normalized spacial score (nSPS) is 28.0. The molecular weight excluding hydrogens is 310 g/mol. The van der Waals surface area contributed by atoms with Crippen LogP contribution in [0.15, 0.2) is 0 Å². The van der Waals surface area contributed by atoms with E-state index < -0.39 is 21.4 Å². The molecule has 126 valence electrons. The van der Waals surface area contributed by atoms with Gasteiger partial charge in [0.25, 0.3) is 0 Å². The number of amides is 2. The first-order valence-electron chi connectivity index (χ1n) is 7.35. The fourth-order valence-electron chi connectivity index (χ4n) is 3.37. The van der Waals surface area contributed by atoms with Gasteiger partial charge in [0.2, 0.25) is 10.0 Å². The maximum atomic E-state index is 12.1. The van der Waals surface area contributed by atoms with Gasteiger partial charge in [-0.05, 0) is 18.8 Å². The number of nitrogens with one attached hydrogen (secondary N) is 1. The summed E-state index contributed by atoms with van der Waals surface area (Å²) in [6, 6.07) is -0.385. The Balaban J connectivity index is 1.89. The molecule has 2 atom stereocenters. The quantitative estimate of drug-likeness (QED) is 0.723. The van der Waals surface area contributed by atoms with E-state index in [1.54, 1.807) is 0 Å². The third-order valence-corrected chi connectivity index (χ3v) is 6.61. The zero-order valence-electron chi connectivity index (χ0n) is 12.9. The predicted molar refractivity (Wildman–Crippen MR) is 79.9 cm³/mol. The van der Waals surface area contributed by atoms with Crippen molar-refractivity contribution in [3.63, 3.8) is 0 Å². The zero-order valence-corrected chi connectivity index (χ0v) is 13.7. The van der Waals surface area contributed by atoms with Crippen LogP contribution in [-0.4, -0.2) is 74.2 Å². The van der Waals surface area contributed by atoms with Gasteiger partial charge in [0.05, 0.1) is 11.2 Å². The summed E-state index contributed by atoms with van der Waals surface area (Å²) in [4.78, 5) is 25.2. The maximum absolute atomic E-state index is 12.1. The van der Waals surface area contributed by atoms with Gasteiger partial charge in [0, 0.05) is 33.7 Å². The highest BCUT2D eigenvalue weighted by Crippen LogP contribution is 2.48. The molecule has 2 amide bonds. The summed E-state index contributed by atoms with van der Waals surface area (Å²) in [7, 11) is -0.472. The smallest absolute Gasteiger partial charge is 0.317 e. The van der Waals surface area contributed by atoms with Crippen LogP contribution in [0.5, 0.6) is 0 Å². The Kier molecular flexibility index (Phi) is 4.67. The van der Waals surface area contributed by atoms with Crippen molar-refractivity contribution in [3.05, 3.63) is 0 Å². The lowest BCUT2D eigenvalue weighted by Gasteiger charge is -2.23. The number of carbonyl (C=O) groups is 2. The van der Waals surface area contributed by atoms with Gasteiger partial charge >= 0.3 is 12.0 Å². The number of hydrogen-bond donors (Lipinski definition) is 2. The fourth-order valence-corrected chi connectivity index (χ4v) is 4.10. The van der Waals surface area contributed by atoms with Gasteiger partial charge in [-0.2, -0.15) is 0 Å². The van der Waals surface area contributed by atoms with Crippen LogP contribution in [-0.2, 0) is 14.8 Å². The van der Waals surface area contributed by atoms with E-state index in [9.17, 15) is 23.1 Å². The van der Waals surface area contributed by atoms with Crippen molar-refractivity contribution >= 4 is 22.0 Å². The SMILES string of the molecule is CN(C)S(=O)(=O)CCNC(=O)N1C[C@@H]2CCC[C@@]2(C(=O)O)C1. The number of rotatable bonds is 5. The standard InChI is InChI=1S/C13H23N3O5S/c1-15(2)22(20,21)7-6-14-12(19)16-8-10-4-3-5-13(10,9-16)11(17)18/h10H,3-9H2,1-2H3,(H,14,19)(H,17,18)/t10-,13+/m0/s1. The van der Waals surface area contributed by atoms with Crippen LogP contribution in [0.4, 0.5) is 4.79 Å². The molecule has 2 N–H and O–H groups in total. The number of sulfonamides is 1. The summed E-state index contributed by atoms with van der Waals surface area (Å²) in [6.45, 7) is 0.651. The number of urea groups is 1. The number of carbonyl (C=O) groups excluding carboxylic acids is 1. The third-order valence-electron chi connectivity index (χ3n) is 4.78. The van der Waals surface area contributed by atoms with Gasteiger partial charge in [0.1, 0.15) is 0 Å². The van der Waals surface area contributed by atoms with Crippen molar-refractivity contribution in [3.8, 4) is 0 Å². The predicted octanol–water partition coefficient (Wildman–Crippen LogP) is -0.226. The molecule has 0 spiro atoms. The summed E-state index contributed by atoms with van der Waals surface area (Å²) < 4.78 is 24.3. The van der Waals surface area contributed by atoms with Crippen LogP contribution in [0.3, 0.4) is 0 Å². The highest BCUT2D eigenvalue weighted by molar-refractivity contribution is 7.89. The van der Waals surface area contributed by atoms with Crippen LogP contribution < -0.4 is 5.32 Å². The summed E-state index contributed by atoms with van der Waals surface area (Å²) >= 11 is 0. The molecule has 0 radical (unpaired) electrons. The van der Waals surface area contributed by atoms with E-state index in [2.05, 4.69) is 5.32 Å². The van der Waals surface area contributed by atoms with Gasteiger partial charge in [0.15, 0.2) is 0 Å². The van der Waals surface area contributed by atoms with Crippen LogP contribution in [0.2, 0.25) is 0 Å². The van der Waals surface area contributed by atoms with E-state index in [4.69, 9.17) is 0 Å². The van der Waals surface area contributed by atoms with Crippen molar-refractivity contribution in [1.29, 1.82) is 0 Å². The van der Waals surface area contributed by atoms with Crippen LogP contribution >= 0.6 is 0 Å². The lowest BCUT2D eigenvalue weighted by Crippen LogP contribution is -2.43. The van der Waals surface area contributed by atoms with Crippen molar-refractivity contribution < 1.29 is 23.1 Å². The number of nitrogens with zero attached hydrogens (tertiary/aromatic N) is 2. The van der Waals surface area contributed by atoms with Crippen molar-refractivity contribution in [2.24, 2.45) is 11.3 Å². The van der Waals surface area contributed by atoms with Crippen LogP contribution in [0.25, 0.3) is 0 Å². The maximum Gasteiger partial charge on any atom is 0.317 e. The highest BCUT2D eigenvalue weighted by Gasteiger charge is 2.55. The molecule has 22 heavy (non-hydrogen) atoms. The van der Waals surface area contributed by atoms with E-state index in [0.717, 1.165) is 17.1 Å². The summed E-state index contributed by atoms with van der Waals surface area (Å²) in [5.74, 6) is -1.01. The first-order valence-corrected chi connectivity index (χ1v) is 8.96. The average molecular weight is 333 g/mol. The second-order valence-corrected chi connectivity index (χ2v) is 8.56. The van der Waals surface area contributed by atoms with Gasteiger partial charge < -0.3 is 15.3 Å². The van der Waals surface area contributed by atoms with Crippen molar-refractivity contribution in [1.82, 2.24) is 14.5 Å². The summed E-state index contributed by atoms with van der Waals surface area (Å²) in [6.07, 6.45) is 2.31. The molecule has 1 saturated heterocycles. The lowest BCUT2D eigenvalue weighted by molar-refractivity contribution is -0.149. The molecule has 0 aromatic rings. The Morgan fingerprint density at radius 3 is 2.64 bits per heavy atom. The highest BCUT2D eigenvalue weighted by atomic mass is 32.2. The second-order valence-electron chi connectivity index (χ2n) is 6.26. The number of hydrogen-bond acceptors (Lipinski definition) is 4. The molecule has 1 aliphatic carbocycles. The molecule has 8 nitrogen and oxygen atoms in total. The number of aliphatic carboxylic acids is 1. The Morgan fingerprint density at radius 2 is 2.09 bits per heavy atom. The van der Waals surface area contributed by atoms with Crippen LogP contribution in [0.1, 0.15) is 19.3 Å². The Bertz CT molecular complexity index is 562. The minimum Gasteiger partial charge on any atom is -0.481 e. The lowest BCUT2D eigenvalue weighted by atomic mass is 9.81. The molecule has 2 rings (SSSR count). The number of fused-ring (bicyclic) bond motifs is 1. The molecule has 0 aromatic heterocycles. The topological polar surface area (TPSA) is 107 Å². The molecule has 1 heterocycles. The van der Waals surface area contributed by atoms with E-state index in [-0.39, 0.29) is 30.8 Å². The molecule has 0 bridgehead atoms. The van der Waals surface area contributed by atoms with Crippen molar-refractivity contribution in [2.75, 3.05) is 39.5 Å². The van der Waals surface area contributed by atoms with Gasteiger partial charge in [-0.1, -0.05) is 6.42 Å². The minimum atomic E-state index is -3.35. The minimum absolute atomic E-state index is 0.00116. The van der Waals surface area contributed by atoms with E-state index >= 15 is 0 Å². The van der Waals surface area contributed by atoms with Crippen LogP contribution in [0, 0.1) is 11.3 Å². The Morgan fingerprint density at radius 1 is 1.41 bits per heavy atom. The van der Waals surface area contributed by atoms with E-state index in [0.29, 0.717) is 13.0 Å². The molecular formula is C13H23N3O5S. The van der Waals surface area contributed by atoms with Gasteiger partial charge in [-0.25, -0.2) is 17.5 Å². The monoisotopic (exact) mass is 333 g/mol. The Hall–Kier alpha value is -1.35.